The van der Waals surface area contributed by atoms with Crippen molar-refractivity contribution in [1.82, 2.24) is 10.2 Å². The smallest absolute Gasteiger partial charge is 0.317 e. The van der Waals surface area contributed by atoms with E-state index in [4.69, 9.17) is 4.74 Å². The molecule has 1 aliphatic carbocycles. The molecule has 1 saturated heterocycles. The third-order valence-electron chi connectivity index (χ3n) is 4.80. The molecule has 1 atom stereocenters. The standard InChI is InChI=1S/C15H26N2O4/c1-21-10-12-5-4-8-17(9-12)14(20)16-11-15(13(18)19)6-2-3-7-15/h12H,2-11H2,1H3,(H,16,20)(H,18,19). The van der Waals surface area contributed by atoms with Crippen LogP contribution in [0.4, 0.5) is 4.79 Å². The Morgan fingerprint density at radius 2 is 2.05 bits per heavy atom. The van der Waals surface area contributed by atoms with E-state index in [1.54, 1.807) is 12.0 Å². The summed E-state index contributed by atoms with van der Waals surface area (Å²) in [7, 11) is 1.68. The highest BCUT2D eigenvalue weighted by molar-refractivity contribution is 5.78. The predicted octanol–water partition coefficient (Wildman–Crippen LogP) is 1.70. The largest absolute Gasteiger partial charge is 0.481 e. The maximum absolute atomic E-state index is 12.3. The first-order valence-electron chi connectivity index (χ1n) is 7.82. The number of nitrogens with zero attached hydrogens (tertiary/aromatic N) is 1. The van der Waals surface area contributed by atoms with Crippen LogP contribution >= 0.6 is 0 Å². The van der Waals surface area contributed by atoms with Gasteiger partial charge in [0.1, 0.15) is 0 Å². The van der Waals surface area contributed by atoms with Gasteiger partial charge in [0.15, 0.2) is 0 Å². The first-order chi connectivity index (χ1) is 10.1. The fourth-order valence-electron chi connectivity index (χ4n) is 3.50. The van der Waals surface area contributed by atoms with Crippen LogP contribution in [-0.2, 0) is 9.53 Å². The average Bonchev–Trinajstić information content (AvgIpc) is 2.96. The second kappa shape index (κ2) is 7.11. The van der Waals surface area contributed by atoms with Gasteiger partial charge < -0.3 is 20.1 Å². The lowest BCUT2D eigenvalue weighted by molar-refractivity contribution is -0.148. The Labute approximate surface area is 125 Å². The number of nitrogens with one attached hydrogen (secondary N) is 1. The minimum absolute atomic E-state index is 0.136. The summed E-state index contributed by atoms with van der Waals surface area (Å²) in [5.41, 5.74) is -0.753. The van der Waals surface area contributed by atoms with E-state index in [1.165, 1.54) is 0 Å². The minimum atomic E-state index is -0.781. The van der Waals surface area contributed by atoms with E-state index in [9.17, 15) is 14.7 Å². The van der Waals surface area contributed by atoms with Gasteiger partial charge in [-0.25, -0.2) is 4.79 Å². The predicted molar refractivity (Wildman–Crippen MR) is 78.1 cm³/mol. The molecule has 2 fully saturated rings. The van der Waals surface area contributed by atoms with Crippen LogP contribution in [0.5, 0.6) is 0 Å². The Hall–Kier alpha value is -1.30. The van der Waals surface area contributed by atoms with E-state index >= 15 is 0 Å². The van der Waals surface area contributed by atoms with Gasteiger partial charge >= 0.3 is 12.0 Å². The number of carbonyl (C=O) groups is 2. The summed E-state index contributed by atoms with van der Waals surface area (Å²) in [6.07, 6.45) is 5.25. The average molecular weight is 298 g/mol. The van der Waals surface area contributed by atoms with Crippen LogP contribution < -0.4 is 5.32 Å². The highest BCUT2D eigenvalue weighted by Crippen LogP contribution is 2.37. The highest BCUT2D eigenvalue weighted by atomic mass is 16.5. The molecule has 0 spiro atoms. The molecule has 2 aliphatic rings. The maximum atomic E-state index is 12.3. The van der Waals surface area contributed by atoms with Crippen molar-refractivity contribution in [3.05, 3.63) is 0 Å². The third kappa shape index (κ3) is 3.87. The van der Waals surface area contributed by atoms with Crippen LogP contribution in [0, 0.1) is 11.3 Å². The summed E-state index contributed by atoms with van der Waals surface area (Å²) >= 11 is 0. The van der Waals surface area contributed by atoms with Gasteiger partial charge in [-0.15, -0.1) is 0 Å². The number of hydrogen-bond donors (Lipinski definition) is 2. The second-order valence-electron chi connectivity index (χ2n) is 6.36. The van der Waals surface area contributed by atoms with Crippen LogP contribution in [0.15, 0.2) is 0 Å². The molecule has 0 aromatic heterocycles. The molecule has 6 heteroatoms. The second-order valence-corrected chi connectivity index (χ2v) is 6.36. The van der Waals surface area contributed by atoms with E-state index in [0.717, 1.165) is 32.2 Å². The number of aliphatic carboxylic acids is 1. The molecular weight excluding hydrogens is 272 g/mol. The number of rotatable bonds is 5. The van der Waals surface area contributed by atoms with Gasteiger partial charge in [-0.1, -0.05) is 12.8 Å². The number of likely N-dealkylation sites (tertiary alicyclic amines) is 1. The summed E-state index contributed by atoms with van der Waals surface area (Å²) in [6, 6.07) is -0.136. The molecule has 0 aromatic carbocycles. The van der Waals surface area contributed by atoms with E-state index in [0.29, 0.717) is 31.9 Å². The van der Waals surface area contributed by atoms with Crippen molar-refractivity contribution in [2.45, 2.75) is 38.5 Å². The van der Waals surface area contributed by atoms with Crippen LogP contribution in [-0.4, -0.2) is 55.4 Å². The maximum Gasteiger partial charge on any atom is 0.317 e. The molecule has 1 saturated carbocycles. The molecule has 1 aliphatic heterocycles. The van der Waals surface area contributed by atoms with Gasteiger partial charge in [0, 0.05) is 32.7 Å². The Balaban J connectivity index is 1.85. The number of methoxy groups -OCH3 is 1. The van der Waals surface area contributed by atoms with E-state index in [-0.39, 0.29) is 12.6 Å². The molecule has 0 aromatic rings. The quantitative estimate of drug-likeness (QED) is 0.809. The lowest BCUT2D eigenvalue weighted by atomic mass is 9.86. The van der Waals surface area contributed by atoms with Crippen molar-refractivity contribution >= 4 is 12.0 Å². The Bertz CT molecular complexity index is 378. The normalized spacial score (nSPS) is 24.8. The summed E-state index contributed by atoms with van der Waals surface area (Å²) in [5.74, 6) is -0.398. The molecular formula is C15H26N2O4. The Kier molecular flexibility index (Phi) is 5.45. The van der Waals surface area contributed by atoms with Crippen molar-refractivity contribution in [2.75, 3.05) is 33.4 Å². The number of hydrogen-bond acceptors (Lipinski definition) is 3. The molecule has 0 radical (unpaired) electrons. The Morgan fingerprint density at radius 1 is 1.33 bits per heavy atom. The van der Waals surface area contributed by atoms with Crippen LogP contribution in [0.1, 0.15) is 38.5 Å². The third-order valence-corrected chi connectivity index (χ3v) is 4.80. The summed E-state index contributed by atoms with van der Waals surface area (Å²) in [6.45, 7) is 2.35. The zero-order chi connectivity index (χ0) is 15.3. The zero-order valence-corrected chi connectivity index (χ0v) is 12.8. The van der Waals surface area contributed by atoms with Crippen molar-refractivity contribution < 1.29 is 19.4 Å². The number of urea groups is 1. The molecule has 120 valence electrons. The lowest BCUT2D eigenvalue weighted by Crippen LogP contribution is -2.50. The minimum Gasteiger partial charge on any atom is -0.481 e. The number of carbonyl (C=O) groups excluding carboxylic acids is 1. The van der Waals surface area contributed by atoms with Crippen LogP contribution in [0.3, 0.4) is 0 Å². The summed E-state index contributed by atoms with van der Waals surface area (Å²) in [4.78, 5) is 25.5. The van der Waals surface area contributed by atoms with E-state index < -0.39 is 11.4 Å². The number of amides is 2. The fourth-order valence-corrected chi connectivity index (χ4v) is 3.50. The van der Waals surface area contributed by atoms with Gasteiger partial charge in [0.05, 0.1) is 12.0 Å². The highest BCUT2D eigenvalue weighted by Gasteiger charge is 2.41. The molecule has 21 heavy (non-hydrogen) atoms. The molecule has 0 bridgehead atoms. The topological polar surface area (TPSA) is 78.9 Å². The van der Waals surface area contributed by atoms with Gasteiger partial charge in [-0.3, -0.25) is 4.79 Å². The summed E-state index contributed by atoms with van der Waals surface area (Å²) in [5, 5.41) is 12.3. The number of carboxylic acid groups (broad SMARTS) is 1. The van der Waals surface area contributed by atoms with Gasteiger partial charge in [-0.05, 0) is 25.7 Å². The van der Waals surface area contributed by atoms with Crippen molar-refractivity contribution in [2.24, 2.45) is 11.3 Å². The lowest BCUT2D eigenvalue weighted by Gasteiger charge is -2.33. The van der Waals surface area contributed by atoms with E-state index in [1.807, 2.05) is 0 Å². The molecule has 1 heterocycles. The van der Waals surface area contributed by atoms with Crippen molar-refractivity contribution in [1.29, 1.82) is 0 Å². The van der Waals surface area contributed by atoms with E-state index in [2.05, 4.69) is 5.32 Å². The molecule has 6 nitrogen and oxygen atoms in total. The van der Waals surface area contributed by atoms with Crippen LogP contribution in [0.25, 0.3) is 0 Å². The molecule has 2 N–H and O–H groups in total. The van der Waals surface area contributed by atoms with Gasteiger partial charge in [0.2, 0.25) is 0 Å². The SMILES string of the molecule is COCC1CCCN(C(=O)NCC2(C(=O)O)CCCC2)C1. The Morgan fingerprint density at radius 3 is 2.67 bits per heavy atom. The van der Waals surface area contributed by atoms with Gasteiger partial charge in [0.25, 0.3) is 0 Å². The molecule has 2 rings (SSSR count). The monoisotopic (exact) mass is 298 g/mol. The first-order valence-corrected chi connectivity index (χ1v) is 7.82. The molecule has 2 amide bonds. The zero-order valence-electron chi connectivity index (χ0n) is 12.8. The number of ether oxygens (including phenoxy) is 1. The number of piperidine rings is 1. The number of carboxylic acids is 1. The molecule has 1 unspecified atom stereocenters. The van der Waals surface area contributed by atoms with Gasteiger partial charge in [-0.2, -0.15) is 0 Å². The first kappa shape index (κ1) is 16.1. The summed E-state index contributed by atoms with van der Waals surface area (Å²) < 4.78 is 5.16. The van der Waals surface area contributed by atoms with Crippen molar-refractivity contribution in [3.8, 4) is 0 Å². The van der Waals surface area contributed by atoms with Crippen molar-refractivity contribution in [3.63, 3.8) is 0 Å². The fraction of sp³-hybridized carbons (Fsp3) is 0.867. The van der Waals surface area contributed by atoms with Crippen LogP contribution in [0.2, 0.25) is 0 Å².